The van der Waals surface area contributed by atoms with Gasteiger partial charge in [-0.1, -0.05) is 18.2 Å². The van der Waals surface area contributed by atoms with E-state index in [4.69, 9.17) is 9.15 Å². The molecule has 0 aliphatic rings. The average Bonchev–Trinajstić information content (AvgIpc) is 3.30. The molecule has 0 aliphatic heterocycles. The first kappa shape index (κ1) is 16.8. The molecule has 0 unspecified atom stereocenters. The van der Waals surface area contributed by atoms with Crippen molar-refractivity contribution in [2.75, 3.05) is 6.54 Å². The van der Waals surface area contributed by atoms with Crippen molar-refractivity contribution in [3.63, 3.8) is 0 Å². The number of hydrogen-bond donors (Lipinski definition) is 1. The number of amides is 1. The number of nitrogens with one attached hydrogen (secondary N) is 1. The summed E-state index contributed by atoms with van der Waals surface area (Å²) in [6.07, 6.45) is 4.44. The predicted molar refractivity (Wildman–Crippen MR) is 93.4 cm³/mol. The number of ether oxygens (including phenoxy) is 1. The summed E-state index contributed by atoms with van der Waals surface area (Å²) in [6, 6.07) is 13.1. The first-order valence-corrected chi connectivity index (χ1v) is 8.25. The minimum atomic E-state index is -0.220. The molecule has 0 saturated carbocycles. The van der Waals surface area contributed by atoms with Crippen LogP contribution < -0.4 is 10.1 Å². The Kier molecular flexibility index (Phi) is 5.51. The van der Waals surface area contributed by atoms with Crippen LogP contribution in [0.1, 0.15) is 28.3 Å². The molecule has 6 heteroatoms. The van der Waals surface area contributed by atoms with Crippen molar-refractivity contribution in [2.45, 2.75) is 26.5 Å². The van der Waals surface area contributed by atoms with E-state index in [0.717, 1.165) is 24.3 Å². The molecule has 0 atom stereocenters. The maximum atomic E-state index is 12.1. The topological polar surface area (TPSA) is 69.3 Å². The van der Waals surface area contributed by atoms with Crippen molar-refractivity contribution in [3.8, 4) is 5.75 Å². The van der Waals surface area contributed by atoms with Gasteiger partial charge in [-0.05, 0) is 43.2 Å². The molecule has 6 nitrogen and oxygen atoms in total. The van der Waals surface area contributed by atoms with E-state index in [0.29, 0.717) is 18.1 Å². The fourth-order valence-electron chi connectivity index (χ4n) is 2.41. The zero-order valence-corrected chi connectivity index (χ0v) is 14.1. The number of nitrogens with zero attached hydrogens (tertiary/aromatic N) is 2. The third kappa shape index (κ3) is 4.73. The van der Waals surface area contributed by atoms with E-state index in [1.54, 1.807) is 18.3 Å². The summed E-state index contributed by atoms with van der Waals surface area (Å²) in [5, 5.41) is 6.96. The monoisotopic (exact) mass is 339 g/mol. The van der Waals surface area contributed by atoms with E-state index in [2.05, 4.69) is 10.4 Å². The van der Waals surface area contributed by atoms with Gasteiger partial charge in [0, 0.05) is 25.5 Å². The highest BCUT2D eigenvalue weighted by atomic mass is 16.5. The highest BCUT2D eigenvalue weighted by Gasteiger charge is 2.11. The van der Waals surface area contributed by atoms with E-state index in [9.17, 15) is 4.79 Å². The van der Waals surface area contributed by atoms with Crippen molar-refractivity contribution in [2.24, 2.45) is 0 Å². The number of benzene rings is 1. The molecule has 130 valence electrons. The summed E-state index contributed by atoms with van der Waals surface area (Å²) < 4.78 is 13.1. The average molecular weight is 339 g/mol. The lowest BCUT2D eigenvalue weighted by atomic mass is 10.2. The molecule has 1 amide bonds. The maximum absolute atomic E-state index is 12.1. The summed E-state index contributed by atoms with van der Waals surface area (Å²) in [7, 11) is 0. The number of para-hydroxylation sites is 1. The smallest absolute Gasteiger partial charge is 0.286 e. The molecule has 0 saturated heterocycles. The van der Waals surface area contributed by atoms with Gasteiger partial charge in [0.2, 0.25) is 0 Å². The van der Waals surface area contributed by atoms with Gasteiger partial charge < -0.3 is 14.5 Å². The Morgan fingerprint density at radius 2 is 2.12 bits per heavy atom. The van der Waals surface area contributed by atoms with Gasteiger partial charge in [-0.2, -0.15) is 5.10 Å². The summed E-state index contributed by atoms with van der Waals surface area (Å²) >= 11 is 0. The molecule has 3 rings (SSSR count). The highest BCUT2D eigenvalue weighted by Crippen LogP contribution is 2.18. The van der Waals surface area contributed by atoms with E-state index in [1.165, 1.54) is 0 Å². The fraction of sp³-hybridized carbons (Fsp3) is 0.263. The molecule has 25 heavy (non-hydrogen) atoms. The highest BCUT2D eigenvalue weighted by molar-refractivity contribution is 5.91. The lowest BCUT2D eigenvalue weighted by Crippen LogP contribution is -2.24. The number of carbonyl (C=O) groups is 1. The van der Waals surface area contributed by atoms with E-state index < -0.39 is 0 Å². The maximum Gasteiger partial charge on any atom is 0.286 e. The van der Waals surface area contributed by atoms with Gasteiger partial charge in [0.25, 0.3) is 5.91 Å². The lowest BCUT2D eigenvalue weighted by molar-refractivity contribution is 0.0920. The van der Waals surface area contributed by atoms with Gasteiger partial charge in [-0.25, -0.2) is 0 Å². The number of hydrogen-bond acceptors (Lipinski definition) is 4. The van der Waals surface area contributed by atoms with Gasteiger partial charge in [-0.3, -0.25) is 9.48 Å². The number of aryl methyl sites for hydroxylation is 2. The van der Waals surface area contributed by atoms with Crippen LogP contribution in [0.5, 0.6) is 5.75 Å². The van der Waals surface area contributed by atoms with Crippen LogP contribution in [0.4, 0.5) is 0 Å². The molecule has 0 fully saturated rings. The predicted octanol–water partition coefficient (Wildman–Crippen LogP) is 3.18. The SMILES string of the molecule is Cc1ccccc1OCc1ccc(C(=O)NCCCn2cccn2)o1. The molecule has 1 aromatic carbocycles. The van der Waals surface area contributed by atoms with E-state index in [-0.39, 0.29) is 12.5 Å². The summed E-state index contributed by atoms with van der Waals surface area (Å²) in [4.78, 5) is 12.1. The van der Waals surface area contributed by atoms with Crippen molar-refractivity contribution in [1.82, 2.24) is 15.1 Å². The van der Waals surface area contributed by atoms with Gasteiger partial charge >= 0.3 is 0 Å². The third-order valence-corrected chi connectivity index (χ3v) is 3.76. The molecule has 0 spiro atoms. The fourth-order valence-corrected chi connectivity index (χ4v) is 2.41. The Hall–Kier alpha value is -3.02. The van der Waals surface area contributed by atoms with Gasteiger partial charge in [0.1, 0.15) is 18.1 Å². The molecule has 2 aromatic heterocycles. The zero-order valence-electron chi connectivity index (χ0n) is 14.1. The molecule has 0 radical (unpaired) electrons. The van der Waals surface area contributed by atoms with Crippen LogP contribution in [0.2, 0.25) is 0 Å². The van der Waals surface area contributed by atoms with Crippen LogP contribution in [-0.4, -0.2) is 22.2 Å². The zero-order chi connectivity index (χ0) is 17.5. The normalized spacial score (nSPS) is 10.6. The number of carbonyl (C=O) groups excluding carboxylic acids is 1. The van der Waals surface area contributed by atoms with Crippen LogP contribution in [0.3, 0.4) is 0 Å². The number of furan rings is 1. The largest absolute Gasteiger partial charge is 0.485 e. The van der Waals surface area contributed by atoms with Gasteiger partial charge in [0.05, 0.1) is 0 Å². The van der Waals surface area contributed by atoms with E-state index in [1.807, 2.05) is 48.1 Å². The van der Waals surface area contributed by atoms with Crippen LogP contribution in [0.15, 0.2) is 59.3 Å². The summed E-state index contributed by atoms with van der Waals surface area (Å²) in [5.74, 6) is 1.50. The van der Waals surface area contributed by atoms with Crippen molar-refractivity contribution >= 4 is 5.91 Å². The Bertz CT molecular complexity index is 809. The van der Waals surface area contributed by atoms with Crippen molar-refractivity contribution in [3.05, 3.63) is 71.9 Å². The Morgan fingerprint density at radius 3 is 2.92 bits per heavy atom. The van der Waals surface area contributed by atoms with Crippen LogP contribution in [-0.2, 0) is 13.2 Å². The van der Waals surface area contributed by atoms with Crippen LogP contribution in [0.25, 0.3) is 0 Å². The molecular weight excluding hydrogens is 318 g/mol. The Balaban J connectivity index is 1.44. The van der Waals surface area contributed by atoms with Crippen molar-refractivity contribution in [1.29, 1.82) is 0 Å². The second kappa shape index (κ2) is 8.19. The molecule has 1 N–H and O–H groups in total. The van der Waals surface area contributed by atoms with Crippen LogP contribution in [0, 0.1) is 6.92 Å². The summed E-state index contributed by atoms with van der Waals surface area (Å²) in [6.45, 7) is 3.60. The van der Waals surface area contributed by atoms with Gasteiger partial charge in [-0.15, -0.1) is 0 Å². The number of rotatable bonds is 8. The quantitative estimate of drug-likeness (QED) is 0.640. The number of aromatic nitrogens is 2. The Morgan fingerprint density at radius 1 is 1.24 bits per heavy atom. The lowest BCUT2D eigenvalue weighted by Gasteiger charge is -2.07. The molecule has 0 bridgehead atoms. The van der Waals surface area contributed by atoms with Crippen LogP contribution >= 0.6 is 0 Å². The van der Waals surface area contributed by atoms with Crippen molar-refractivity contribution < 1.29 is 13.9 Å². The molecule has 0 aliphatic carbocycles. The first-order valence-electron chi connectivity index (χ1n) is 8.25. The first-order chi connectivity index (χ1) is 12.2. The molecule has 2 heterocycles. The van der Waals surface area contributed by atoms with Gasteiger partial charge in [0.15, 0.2) is 5.76 Å². The minimum Gasteiger partial charge on any atom is -0.485 e. The molecule has 3 aromatic rings. The summed E-state index contributed by atoms with van der Waals surface area (Å²) in [5.41, 5.74) is 1.06. The third-order valence-electron chi connectivity index (χ3n) is 3.76. The standard InChI is InChI=1S/C19H21N3O3/c1-15-6-2-3-7-17(15)24-14-16-8-9-18(25-16)19(23)20-10-4-12-22-13-5-11-21-22/h2-3,5-9,11,13H,4,10,12,14H2,1H3,(H,20,23). The molecular formula is C19H21N3O3. The minimum absolute atomic E-state index is 0.220. The second-order valence-corrected chi connectivity index (χ2v) is 5.70. The van der Waals surface area contributed by atoms with E-state index >= 15 is 0 Å². The Labute approximate surface area is 146 Å². The second-order valence-electron chi connectivity index (χ2n) is 5.70.